The van der Waals surface area contributed by atoms with Crippen LogP contribution < -0.4 is 11.1 Å². The van der Waals surface area contributed by atoms with Crippen LogP contribution in [0.4, 0.5) is 5.69 Å². The van der Waals surface area contributed by atoms with Gasteiger partial charge in [0.05, 0.1) is 6.04 Å². The maximum atomic E-state index is 11.5. The van der Waals surface area contributed by atoms with Gasteiger partial charge in [-0.25, -0.2) is 0 Å². The second kappa shape index (κ2) is 5.19. The van der Waals surface area contributed by atoms with Crippen molar-refractivity contribution in [3.05, 3.63) is 29.3 Å². The van der Waals surface area contributed by atoms with Gasteiger partial charge in [-0.15, -0.1) is 0 Å². The van der Waals surface area contributed by atoms with Gasteiger partial charge >= 0.3 is 0 Å². The molecule has 0 fully saturated rings. The third-order valence-corrected chi connectivity index (χ3v) is 2.57. The van der Waals surface area contributed by atoms with Gasteiger partial charge in [-0.2, -0.15) is 12.6 Å². The van der Waals surface area contributed by atoms with Crippen molar-refractivity contribution in [2.45, 2.75) is 19.9 Å². The molecule has 0 bridgehead atoms. The van der Waals surface area contributed by atoms with Crippen LogP contribution in [0.15, 0.2) is 18.2 Å². The maximum Gasteiger partial charge on any atom is 0.242 e. The van der Waals surface area contributed by atoms with Gasteiger partial charge in [0.15, 0.2) is 0 Å². The normalized spacial score (nSPS) is 12.3. The number of carbonyl (C=O) groups excluding carboxylic acids is 1. The first-order valence-electron chi connectivity index (χ1n) is 4.79. The van der Waals surface area contributed by atoms with E-state index >= 15 is 0 Å². The number of thiol groups is 1. The summed E-state index contributed by atoms with van der Waals surface area (Å²) in [5, 5.41) is 2.78. The van der Waals surface area contributed by atoms with Crippen molar-refractivity contribution in [2.75, 3.05) is 11.1 Å². The van der Waals surface area contributed by atoms with Crippen LogP contribution in [0.2, 0.25) is 0 Å². The minimum absolute atomic E-state index is 0.197. The molecule has 0 aliphatic carbocycles. The molecule has 0 saturated heterocycles. The zero-order valence-corrected chi connectivity index (χ0v) is 9.84. The summed E-state index contributed by atoms with van der Waals surface area (Å²) in [6, 6.07) is 5.29. The molecule has 1 unspecified atom stereocenters. The van der Waals surface area contributed by atoms with Gasteiger partial charge in [0, 0.05) is 11.4 Å². The molecular weight excluding hydrogens is 208 g/mol. The Hall–Kier alpha value is -1.00. The summed E-state index contributed by atoms with van der Waals surface area (Å²) in [6.07, 6.45) is 0. The van der Waals surface area contributed by atoms with E-state index in [1.165, 1.54) is 5.56 Å². The second-order valence-electron chi connectivity index (χ2n) is 3.60. The molecule has 3 nitrogen and oxygen atoms in total. The van der Waals surface area contributed by atoms with Crippen molar-refractivity contribution >= 4 is 24.2 Å². The number of nitrogens with two attached hydrogens (primary N) is 1. The van der Waals surface area contributed by atoms with Gasteiger partial charge in [0.25, 0.3) is 0 Å². The number of nitrogens with one attached hydrogen (secondary N) is 1. The molecule has 0 radical (unpaired) electrons. The largest absolute Gasteiger partial charge is 0.324 e. The van der Waals surface area contributed by atoms with Gasteiger partial charge in [-0.3, -0.25) is 4.79 Å². The molecule has 0 aromatic heterocycles. The van der Waals surface area contributed by atoms with Crippen LogP contribution >= 0.6 is 12.6 Å². The van der Waals surface area contributed by atoms with Crippen molar-refractivity contribution in [3.8, 4) is 0 Å². The zero-order chi connectivity index (χ0) is 11.4. The van der Waals surface area contributed by atoms with E-state index in [0.29, 0.717) is 5.75 Å². The number of carbonyl (C=O) groups is 1. The fraction of sp³-hybridized carbons (Fsp3) is 0.364. The zero-order valence-electron chi connectivity index (χ0n) is 8.95. The van der Waals surface area contributed by atoms with Gasteiger partial charge in [0.2, 0.25) is 5.91 Å². The number of rotatable bonds is 3. The topological polar surface area (TPSA) is 55.1 Å². The molecule has 0 spiro atoms. The fourth-order valence-electron chi connectivity index (χ4n) is 1.26. The Kier molecular flexibility index (Phi) is 4.17. The van der Waals surface area contributed by atoms with E-state index in [9.17, 15) is 4.79 Å². The van der Waals surface area contributed by atoms with E-state index in [4.69, 9.17) is 5.73 Å². The van der Waals surface area contributed by atoms with Crippen molar-refractivity contribution in [1.29, 1.82) is 0 Å². The predicted octanol–water partition coefficient (Wildman–Crippen LogP) is 1.50. The second-order valence-corrected chi connectivity index (χ2v) is 3.96. The summed E-state index contributed by atoms with van der Waals surface area (Å²) in [6.45, 7) is 3.97. The lowest BCUT2D eigenvalue weighted by molar-refractivity contribution is -0.116. The monoisotopic (exact) mass is 224 g/mol. The Labute approximate surface area is 95.5 Å². The highest BCUT2D eigenvalue weighted by atomic mass is 32.1. The van der Waals surface area contributed by atoms with Crippen molar-refractivity contribution in [2.24, 2.45) is 5.73 Å². The molecule has 4 heteroatoms. The first-order chi connectivity index (χ1) is 7.04. The molecule has 1 atom stereocenters. The predicted molar refractivity (Wildman–Crippen MR) is 66.4 cm³/mol. The van der Waals surface area contributed by atoms with E-state index in [1.807, 2.05) is 32.0 Å². The Balaban J connectivity index is 2.77. The number of aryl methyl sites for hydroxylation is 2. The quantitative estimate of drug-likeness (QED) is 0.681. The molecule has 0 heterocycles. The number of amides is 1. The third kappa shape index (κ3) is 3.25. The van der Waals surface area contributed by atoms with Crippen LogP contribution in [0.1, 0.15) is 11.1 Å². The third-order valence-electron chi connectivity index (χ3n) is 2.17. The minimum Gasteiger partial charge on any atom is -0.324 e. The minimum atomic E-state index is -0.561. The number of hydrogen-bond donors (Lipinski definition) is 3. The Bertz CT molecular complexity index is 366. The van der Waals surface area contributed by atoms with E-state index in [1.54, 1.807) is 0 Å². The van der Waals surface area contributed by atoms with E-state index in [2.05, 4.69) is 17.9 Å². The van der Waals surface area contributed by atoms with Gasteiger partial charge in [-0.05, 0) is 25.5 Å². The van der Waals surface area contributed by atoms with Gasteiger partial charge in [0.1, 0.15) is 0 Å². The molecule has 1 amide bonds. The van der Waals surface area contributed by atoms with E-state index in [-0.39, 0.29) is 5.91 Å². The van der Waals surface area contributed by atoms with Crippen molar-refractivity contribution in [1.82, 2.24) is 0 Å². The van der Waals surface area contributed by atoms with Crippen LogP contribution in [0.25, 0.3) is 0 Å². The Morgan fingerprint density at radius 3 is 2.73 bits per heavy atom. The van der Waals surface area contributed by atoms with Crippen LogP contribution in [-0.4, -0.2) is 17.7 Å². The first kappa shape index (κ1) is 12.1. The van der Waals surface area contributed by atoms with E-state index in [0.717, 1.165) is 11.3 Å². The highest BCUT2D eigenvalue weighted by Crippen LogP contribution is 2.15. The standard InChI is InChI=1S/C11H16N2OS/c1-7-3-4-10(8(2)5-7)13-11(14)9(12)6-15/h3-5,9,15H,6,12H2,1-2H3,(H,13,14). The highest BCUT2D eigenvalue weighted by molar-refractivity contribution is 7.80. The SMILES string of the molecule is Cc1ccc(NC(=O)C(N)CS)c(C)c1. The molecule has 1 aromatic carbocycles. The Morgan fingerprint density at radius 2 is 2.20 bits per heavy atom. The molecule has 1 rings (SSSR count). The molecule has 82 valence electrons. The summed E-state index contributed by atoms with van der Waals surface area (Å²) >= 11 is 3.98. The summed E-state index contributed by atoms with van der Waals surface area (Å²) in [5.41, 5.74) is 8.57. The van der Waals surface area contributed by atoms with Crippen LogP contribution in [0.5, 0.6) is 0 Å². The lowest BCUT2D eigenvalue weighted by Gasteiger charge is -2.12. The van der Waals surface area contributed by atoms with Crippen molar-refractivity contribution in [3.63, 3.8) is 0 Å². The lowest BCUT2D eigenvalue weighted by atomic mass is 10.1. The molecule has 15 heavy (non-hydrogen) atoms. The molecular formula is C11H16N2OS. The van der Waals surface area contributed by atoms with Gasteiger partial charge in [-0.1, -0.05) is 17.7 Å². The van der Waals surface area contributed by atoms with Gasteiger partial charge < -0.3 is 11.1 Å². The number of anilines is 1. The van der Waals surface area contributed by atoms with Crippen LogP contribution in [0.3, 0.4) is 0 Å². The number of hydrogen-bond acceptors (Lipinski definition) is 3. The average molecular weight is 224 g/mol. The fourth-order valence-corrected chi connectivity index (χ4v) is 1.43. The highest BCUT2D eigenvalue weighted by Gasteiger charge is 2.12. The number of benzene rings is 1. The van der Waals surface area contributed by atoms with E-state index < -0.39 is 6.04 Å². The lowest BCUT2D eigenvalue weighted by Crippen LogP contribution is -2.37. The molecule has 0 aliphatic heterocycles. The molecule has 1 aromatic rings. The summed E-state index contributed by atoms with van der Waals surface area (Å²) in [4.78, 5) is 11.5. The summed E-state index contributed by atoms with van der Waals surface area (Å²) in [7, 11) is 0. The van der Waals surface area contributed by atoms with Crippen LogP contribution in [0, 0.1) is 13.8 Å². The maximum absolute atomic E-state index is 11.5. The van der Waals surface area contributed by atoms with Crippen molar-refractivity contribution < 1.29 is 4.79 Å². The van der Waals surface area contributed by atoms with Crippen LogP contribution in [-0.2, 0) is 4.79 Å². The summed E-state index contributed by atoms with van der Waals surface area (Å²) in [5.74, 6) is 0.147. The smallest absolute Gasteiger partial charge is 0.242 e. The summed E-state index contributed by atoms with van der Waals surface area (Å²) < 4.78 is 0. The molecule has 3 N–H and O–H groups in total. The average Bonchev–Trinajstić information content (AvgIpc) is 2.20. The first-order valence-corrected chi connectivity index (χ1v) is 5.42. The Morgan fingerprint density at radius 1 is 1.53 bits per heavy atom. The molecule has 0 aliphatic rings. The molecule has 0 saturated carbocycles.